The monoisotopic (exact) mass is 1350 g/mol. The Kier molecular flexibility index (Phi) is 22.2. The van der Waals surface area contributed by atoms with E-state index in [0.717, 1.165) is 166 Å². The van der Waals surface area contributed by atoms with Crippen molar-refractivity contribution in [1.29, 1.82) is 0 Å². The van der Waals surface area contributed by atoms with Gasteiger partial charge in [-0.1, -0.05) is 109 Å². The number of rotatable bonds is 26. The molecule has 4 heterocycles. The maximum atomic E-state index is 10.6. The van der Waals surface area contributed by atoms with Crippen molar-refractivity contribution in [3.8, 4) is 23.0 Å². The Hall–Kier alpha value is -13.0. The summed E-state index contributed by atoms with van der Waals surface area (Å²) in [5.41, 5.74) is 8.72. The summed E-state index contributed by atoms with van der Waals surface area (Å²) in [5.74, 6) is 0.425. The predicted octanol–water partition coefficient (Wildman–Crippen LogP) is 21.6. The van der Waals surface area contributed by atoms with E-state index in [1.807, 2.05) is 268 Å². The summed E-state index contributed by atoms with van der Waals surface area (Å²) in [5, 5.41) is 91.1. The molecule has 0 aliphatic rings. The lowest BCUT2D eigenvalue weighted by Gasteiger charge is -2.09. The maximum absolute atomic E-state index is 10.6. The SMILES string of the molecule is Oc1ccc2cc(Nc3ccccc3)ccc2c1N=Nc1cc[n+](CCCCCC[n+]2ccc(N=Nc3c(O)ccc4cc(Nc5ccccc5)ccc34)cc2)cc1.Oc1ccc2ccccc2c1N=Nc1cc[n+](CCCCCC[n+]2ccc(N=Nc3c(O)ccc4ccccc34)cc2)cc1. The maximum Gasteiger partial charge on any atom is 0.171 e. The van der Waals surface area contributed by atoms with Crippen molar-refractivity contribution in [1.82, 2.24) is 0 Å². The molecule has 0 radical (unpaired) electrons. The molecular formula is C84H78N14O4+4. The van der Waals surface area contributed by atoms with Crippen LogP contribution in [0.3, 0.4) is 0 Å². The molecule has 0 saturated heterocycles. The Balaban J connectivity index is 0.000000189. The van der Waals surface area contributed by atoms with Gasteiger partial charge in [0.15, 0.2) is 49.6 Å². The van der Waals surface area contributed by atoms with E-state index in [4.69, 9.17) is 0 Å². The number of phenolic OH excluding ortho intramolecular Hbond substituents is 4. The van der Waals surface area contributed by atoms with E-state index >= 15 is 0 Å². The molecule has 0 aliphatic heterocycles. The number of aromatic hydroxyl groups is 4. The van der Waals surface area contributed by atoms with Gasteiger partial charge in [-0.25, -0.2) is 18.3 Å². The van der Waals surface area contributed by atoms with E-state index in [2.05, 4.69) is 69.8 Å². The highest BCUT2D eigenvalue weighted by molar-refractivity contribution is 5.99. The van der Waals surface area contributed by atoms with Crippen LogP contribution in [0.15, 0.2) is 333 Å². The summed E-state index contributed by atoms with van der Waals surface area (Å²) in [6.07, 6.45) is 25.1. The number of nitrogens with zero attached hydrogens (tertiary/aromatic N) is 12. The van der Waals surface area contributed by atoms with Gasteiger partial charge in [0.05, 0.1) is 22.7 Å². The summed E-state index contributed by atoms with van der Waals surface area (Å²) < 4.78 is 8.65. The minimum Gasteiger partial charge on any atom is -0.506 e. The molecule has 0 unspecified atom stereocenters. The largest absolute Gasteiger partial charge is 0.506 e. The van der Waals surface area contributed by atoms with Crippen molar-refractivity contribution in [2.75, 3.05) is 10.6 Å². The number of aryl methyl sites for hydroxylation is 4. The second kappa shape index (κ2) is 33.5. The van der Waals surface area contributed by atoms with Crippen molar-refractivity contribution in [2.45, 2.75) is 77.5 Å². The zero-order valence-corrected chi connectivity index (χ0v) is 56.4. The molecule has 10 aromatic carbocycles. The second-order valence-corrected chi connectivity index (χ2v) is 24.8. The lowest BCUT2D eigenvalue weighted by molar-refractivity contribution is -0.698. The first kappa shape index (κ1) is 67.6. The minimum atomic E-state index is 0.0922. The molecule has 0 bridgehead atoms. The van der Waals surface area contributed by atoms with E-state index < -0.39 is 0 Å². The lowest BCUT2D eigenvalue weighted by atomic mass is 10.1. The first-order valence-corrected chi connectivity index (χ1v) is 34.4. The molecule has 0 amide bonds. The number of hydrogen-bond donors (Lipinski definition) is 6. The number of aromatic nitrogens is 4. The van der Waals surface area contributed by atoms with E-state index in [1.54, 1.807) is 24.3 Å². The second-order valence-electron chi connectivity index (χ2n) is 24.8. The van der Waals surface area contributed by atoms with Gasteiger partial charge >= 0.3 is 0 Å². The molecule has 18 heteroatoms. The summed E-state index contributed by atoms with van der Waals surface area (Å²) in [6.45, 7) is 3.73. The predicted molar refractivity (Wildman–Crippen MR) is 402 cm³/mol. The Morgan fingerprint density at radius 1 is 0.225 bits per heavy atom. The van der Waals surface area contributed by atoms with Crippen molar-refractivity contribution in [3.05, 3.63) is 292 Å². The average Bonchev–Trinajstić information content (AvgIpc) is 0.809. The summed E-state index contributed by atoms with van der Waals surface area (Å²) in [7, 11) is 0. The highest BCUT2D eigenvalue weighted by Crippen LogP contribution is 2.41. The average molecular weight is 1350 g/mol. The zero-order chi connectivity index (χ0) is 69.7. The van der Waals surface area contributed by atoms with Gasteiger partial charge in [0.2, 0.25) is 0 Å². The summed E-state index contributed by atoms with van der Waals surface area (Å²) in [4.78, 5) is 0. The Morgan fingerprint density at radius 2 is 0.490 bits per heavy atom. The number of benzene rings is 10. The smallest absolute Gasteiger partial charge is 0.171 e. The van der Waals surface area contributed by atoms with Gasteiger partial charge in [-0.2, -0.15) is 0 Å². The molecule has 0 aliphatic carbocycles. The first-order chi connectivity index (χ1) is 50.2. The van der Waals surface area contributed by atoms with E-state index in [0.29, 0.717) is 22.7 Å². The third-order valence-corrected chi connectivity index (χ3v) is 17.5. The molecule has 18 nitrogen and oxygen atoms in total. The van der Waals surface area contributed by atoms with Crippen molar-refractivity contribution in [3.63, 3.8) is 0 Å². The number of hydrogen-bond acceptors (Lipinski definition) is 14. The van der Waals surface area contributed by atoms with E-state index in [9.17, 15) is 20.4 Å². The first-order valence-electron chi connectivity index (χ1n) is 34.4. The van der Waals surface area contributed by atoms with Crippen LogP contribution in [0.25, 0.3) is 43.1 Å². The normalized spacial score (nSPS) is 11.6. The summed E-state index contributed by atoms with van der Waals surface area (Å²) in [6, 6.07) is 77.3. The van der Waals surface area contributed by atoms with E-state index in [-0.39, 0.29) is 23.0 Å². The fourth-order valence-corrected chi connectivity index (χ4v) is 12.0. The number of unbranched alkanes of at least 4 members (excludes halogenated alkanes) is 6. The van der Waals surface area contributed by atoms with Crippen molar-refractivity contribution in [2.24, 2.45) is 40.9 Å². The third kappa shape index (κ3) is 18.0. The zero-order valence-electron chi connectivity index (χ0n) is 56.4. The molecular weight excluding hydrogens is 1270 g/mol. The van der Waals surface area contributed by atoms with E-state index in [1.165, 1.54) is 0 Å². The van der Waals surface area contributed by atoms with Crippen LogP contribution in [-0.4, -0.2) is 20.4 Å². The fourth-order valence-electron chi connectivity index (χ4n) is 12.0. The molecule has 102 heavy (non-hydrogen) atoms. The molecule has 14 aromatic rings. The number of anilines is 4. The van der Waals surface area contributed by atoms with Crippen LogP contribution < -0.4 is 28.9 Å². The van der Waals surface area contributed by atoms with Gasteiger partial charge in [-0.3, -0.25) is 0 Å². The van der Waals surface area contributed by atoms with Gasteiger partial charge in [-0.15, -0.1) is 40.9 Å². The van der Waals surface area contributed by atoms with Gasteiger partial charge in [-0.05, 0) is 132 Å². The van der Waals surface area contributed by atoms with Crippen molar-refractivity contribution < 1.29 is 38.7 Å². The molecule has 0 spiro atoms. The van der Waals surface area contributed by atoms with Crippen LogP contribution in [0.1, 0.15) is 51.4 Å². The quantitative estimate of drug-likeness (QED) is 0.0176. The number of azo groups is 4. The molecule has 6 N–H and O–H groups in total. The Morgan fingerprint density at radius 3 is 0.794 bits per heavy atom. The van der Waals surface area contributed by atoms with Gasteiger partial charge < -0.3 is 31.1 Å². The molecule has 0 fully saturated rings. The molecule has 0 atom stereocenters. The van der Waals surface area contributed by atoms with Crippen LogP contribution in [0.5, 0.6) is 23.0 Å². The number of fused-ring (bicyclic) bond motifs is 4. The van der Waals surface area contributed by atoms with Crippen LogP contribution >= 0.6 is 0 Å². The minimum absolute atomic E-state index is 0.0922. The van der Waals surface area contributed by atoms with Gasteiger partial charge in [0.25, 0.3) is 0 Å². The Labute approximate surface area is 591 Å². The number of para-hydroxylation sites is 2. The lowest BCUT2D eigenvalue weighted by Crippen LogP contribution is -2.33. The highest BCUT2D eigenvalue weighted by Gasteiger charge is 2.14. The number of pyridine rings is 4. The molecule has 504 valence electrons. The summed E-state index contributed by atoms with van der Waals surface area (Å²) >= 11 is 0. The van der Waals surface area contributed by atoms with Gasteiger partial charge in [0, 0.05) is 119 Å². The molecule has 14 rings (SSSR count). The highest BCUT2D eigenvalue weighted by atomic mass is 16.3. The van der Waals surface area contributed by atoms with Crippen LogP contribution in [0, 0.1) is 0 Å². The van der Waals surface area contributed by atoms with Crippen LogP contribution in [0.2, 0.25) is 0 Å². The van der Waals surface area contributed by atoms with Crippen LogP contribution in [-0.2, 0) is 26.2 Å². The van der Waals surface area contributed by atoms with Gasteiger partial charge in [0.1, 0.15) is 71.9 Å². The van der Waals surface area contributed by atoms with Crippen molar-refractivity contribution >= 4 is 111 Å². The van der Waals surface area contributed by atoms with Crippen LogP contribution in [0.4, 0.5) is 68.2 Å². The topological polar surface area (TPSA) is 219 Å². The standard InChI is InChI=1S/C48H42N8O2.C36H32N6O2/c57-45-21-15-35-33-41(49-37-11-5-3-6-12-37)17-19-43(35)47(45)53-51-39-23-29-55(30-24-39)27-9-1-2-10-28-56-31-25-40(26-32-56)52-54-48-44-20-18-42(34-36(44)16-22-46(48)58)50-38-13-7-4-8-14-38;43-33-15-13-27-9-3-5-11-31(27)35(33)39-37-29-17-23-41(24-18-29)21-7-1-2-8-22-42-25-19-30(20-26-42)38-40-36-32-12-6-4-10-28(32)14-16-34(36)44/h3-8,11-26,29-34H,1-2,9-10,27-28H2,(H2,49,50,53,54);3-6,9-20,23-26H,1-2,7-8,21-22H2/p+4. The molecule has 4 aromatic heterocycles. The molecule has 0 saturated carbocycles. The number of nitrogens with one attached hydrogen (secondary N) is 2. The number of phenols is 4. The Bertz CT molecular complexity index is 4940. The third-order valence-electron chi connectivity index (χ3n) is 17.5. The fraction of sp³-hybridized carbons (Fsp3) is 0.143.